The van der Waals surface area contributed by atoms with Crippen molar-refractivity contribution >= 4 is 39.7 Å². The zero-order chi connectivity index (χ0) is 14.1. The summed E-state index contributed by atoms with van der Waals surface area (Å²) in [6.45, 7) is 4.41. The Balaban J connectivity index is 2.02. The molecule has 0 fully saturated rings. The van der Waals surface area contributed by atoms with Crippen LogP contribution >= 0.6 is 34.7 Å². The summed E-state index contributed by atoms with van der Waals surface area (Å²) in [6.07, 6.45) is 0. The van der Waals surface area contributed by atoms with Gasteiger partial charge in [-0.25, -0.2) is 0 Å². The number of thioether (sulfide) groups is 1. The van der Waals surface area contributed by atoms with Crippen molar-refractivity contribution in [2.24, 2.45) is 5.92 Å². The summed E-state index contributed by atoms with van der Waals surface area (Å²) in [5.41, 5.74) is 2.25. The number of benzene rings is 1. The van der Waals surface area contributed by atoms with E-state index in [1.54, 1.807) is 23.1 Å². The van der Waals surface area contributed by atoms with E-state index in [9.17, 15) is 0 Å². The van der Waals surface area contributed by atoms with E-state index in [-0.39, 0.29) is 0 Å². The molecule has 0 bridgehead atoms. The number of nitrogens with zero attached hydrogens (tertiary/aromatic N) is 3. The number of thiazole rings is 1. The van der Waals surface area contributed by atoms with Gasteiger partial charge in [0.05, 0.1) is 5.69 Å². The summed E-state index contributed by atoms with van der Waals surface area (Å²) in [5, 5.41) is 12.4. The fraction of sp³-hybridized carbons (Fsp3) is 0.286. The highest BCUT2D eigenvalue weighted by molar-refractivity contribution is 7.99. The van der Waals surface area contributed by atoms with E-state index < -0.39 is 0 Å². The van der Waals surface area contributed by atoms with Crippen molar-refractivity contribution in [2.45, 2.75) is 19.0 Å². The normalized spacial score (nSPS) is 11.6. The molecule has 0 saturated heterocycles. The van der Waals surface area contributed by atoms with Gasteiger partial charge in [-0.3, -0.25) is 4.40 Å². The Kier molecular flexibility index (Phi) is 4.01. The lowest BCUT2D eigenvalue weighted by atomic mass is 10.2. The molecule has 2 aromatic heterocycles. The van der Waals surface area contributed by atoms with Gasteiger partial charge >= 0.3 is 0 Å². The molecule has 0 saturated carbocycles. The third-order valence-corrected chi connectivity index (χ3v) is 5.23. The smallest absolute Gasteiger partial charge is 0.217 e. The van der Waals surface area contributed by atoms with Crippen molar-refractivity contribution in [2.75, 3.05) is 5.75 Å². The quantitative estimate of drug-likeness (QED) is 0.642. The number of halogens is 1. The molecule has 2 heterocycles. The molecule has 0 atom stereocenters. The Labute approximate surface area is 131 Å². The van der Waals surface area contributed by atoms with Crippen LogP contribution in [0, 0.1) is 5.92 Å². The van der Waals surface area contributed by atoms with Crippen LogP contribution < -0.4 is 0 Å². The van der Waals surface area contributed by atoms with Crippen LogP contribution in [0.4, 0.5) is 0 Å². The molecule has 0 aliphatic rings. The molecule has 0 N–H and O–H groups in total. The summed E-state index contributed by atoms with van der Waals surface area (Å²) in [5.74, 6) is 1.67. The Bertz CT molecular complexity index is 716. The number of fused-ring (bicyclic) bond motifs is 1. The molecule has 3 rings (SSSR count). The molecule has 0 unspecified atom stereocenters. The van der Waals surface area contributed by atoms with Crippen LogP contribution in [0.5, 0.6) is 0 Å². The molecule has 6 heteroatoms. The Morgan fingerprint density at radius 2 is 2.00 bits per heavy atom. The van der Waals surface area contributed by atoms with Crippen LogP contribution in [-0.4, -0.2) is 20.4 Å². The lowest BCUT2D eigenvalue weighted by Gasteiger charge is -2.04. The first-order valence-corrected chi connectivity index (χ1v) is 8.61. The van der Waals surface area contributed by atoms with Crippen LogP contribution in [0.15, 0.2) is 34.8 Å². The summed E-state index contributed by atoms with van der Waals surface area (Å²) >= 11 is 9.32. The molecular formula is C14H14ClN3S2. The van der Waals surface area contributed by atoms with Crippen molar-refractivity contribution in [3.63, 3.8) is 0 Å². The van der Waals surface area contributed by atoms with Gasteiger partial charge in [-0.2, -0.15) is 0 Å². The van der Waals surface area contributed by atoms with Crippen LogP contribution in [0.2, 0.25) is 5.02 Å². The molecule has 3 nitrogen and oxygen atoms in total. The number of hydrogen-bond donors (Lipinski definition) is 0. The number of rotatable bonds is 4. The zero-order valence-corrected chi connectivity index (χ0v) is 13.6. The average molecular weight is 324 g/mol. The van der Waals surface area contributed by atoms with E-state index in [2.05, 4.69) is 33.8 Å². The minimum absolute atomic E-state index is 0.630. The average Bonchev–Trinajstić information content (AvgIpc) is 2.99. The highest BCUT2D eigenvalue weighted by atomic mass is 35.5. The first-order valence-electron chi connectivity index (χ1n) is 6.36. The fourth-order valence-corrected chi connectivity index (χ4v) is 3.77. The standard InChI is InChI=1S/C14H14ClN3S2/c1-9(2)7-19-13-16-17-14-18(13)12(8-20-14)10-3-5-11(15)6-4-10/h3-6,8-9H,7H2,1-2H3. The van der Waals surface area contributed by atoms with Crippen molar-refractivity contribution < 1.29 is 0 Å². The molecule has 0 aliphatic carbocycles. The van der Waals surface area contributed by atoms with Gasteiger partial charge in [0.15, 0.2) is 5.16 Å². The largest absolute Gasteiger partial charge is 0.260 e. The highest BCUT2D eigenvalue weighted by Gasteiger charge is 2.14. The van der Waals surface area contributed by atoms with Gasteiger partial charge in [-0.15, -0.1) is 21.5 Å². The summed E-state index contributed by atoms with van der Waals surface area (Å²) in [7, 11) is 0. The number of hydrogen-bond acceptors (Lipinski definition) is 4. The second kappa shape index (κ2) is 5.76. The fourth-order valence-electron chi connectivity index (χ4n) is 1.85. The minimum atomic E-state index is 0.630. The van der Waals surface area contributed by atoms with Crippen molar-refractivity contribution in [3.8, 4) is 11.3 Å². The molecule has 3 aromatic rings. The summed E-state index contributed by atoms with van der Waals surface area (Å²) in [4.78, 5) is 0.932. The van der Waals surface area contributed by atoms with Gasteiger partial charge in [0.1, 0.15) is 0 Å². The van der Waals surface area contributed by atoms with Crippen LogP contribution in [0.3, 0.4) is 0 Å². The van der Waals surface area contributed by atoms with Crippen molar-refractivity contribution in [3.05, 3.63) is 34.7 Å². The minimum Gasteiger partial charge on any atom is -0.260 e. The van der Waals surface area contributed by atoms with Gasteiger partial charge in [0.2, 0.25) is 4.96 Å². The molecule has 0 amide bonds. The van der Waals surface area contributed by atoms with Gasteiger partial charge < -0.3 is 0 Å². The van der Waals surface area contributed by atoms with Gasteiger partial charge in [-0.05, 0) is 23.6 Å². The molecule has 0 radical (unpaired) electrons. The maximum Gasteiger partial charge on any atom is 0.217 e. The van der Waals surface area contributed by atoms with E-state index in [0.29, 0.717) is 5.92 Å². The maximum absolute atomic E-state index is 5.95. The third kappa shape index (κ3) is 2.71. The SMILES string of the molecule is CC(C)CSc1nnc2scc(-c3ccc(Cl)cc3)n12. The molecule has 20 heavy (non-hydrogen) atoms. The monoisotopic (exact) mass is 323 g/mol. The lowest BCUT2D eigenvalue weighted by molar-refractivity contribution is 0.747. The van der Waals surface area contributed by atoms with E-state index in [1.165, 1.54) is 0 Å². The molecule has 0 spiro atoms. The molecule has 0 aliphatic heterocycles. The number of aromatic nitrogens is 3. The first kappa shape index (κ1) is 13.9. The van der Waals surface area contributed by atoms with Crippen LogP contribution in [0.25, 0.3) is 16.2 Å². The van der Waals surface area contributed by atoms with Crippen LogP contribution in [0.1, 0.15) is 13.8 Å². The predicted molar refractivity (Wildman–Crippen MR) is 86.9 cm³/mol. The maximum atomic E-state index is 5.95. The lowest BCUT2D eigenvalue weighted by Crippen LogP contribution is -1.94. The predicted octanol–water partition coefficient (Wildman–Crippen LogP) is 4.86. The topological polar surface area (TPSA) is 30.2 Å². The van der Waals surface area contributed by atoms with E-state index in [0.717, 1.165) is 32.2 Å². The van der Waals surface area contributed by atoms with E-state index in [1.807, 2.05) is 24.3 Å². The van der Waals surface area contributed by atoms with E-state index >= 15 is 0 Å². The molecule has 1 aromatic carbocycles. The molecule has 104 valence electrons. The Morgan fingerprint density at radius 1 is 1.25 bits per heavy atom. The zero-order valence-electron chi connectivity index (χ0n) is 11.2. The second-order valence-corrected chi connectivity index (χ2v) is 7.19. The Hall–Kier alpha value is -1.04. The summed E-state index contributed by atoms with van der Waals surface area (Å²) in [6, 6.07) is 7.87. The molecular weight excluding hydrogens is 310 g/mol. The van der Waals surface area contributed by atoms with Gasteiger partial charge in [-0.1, -0.05) is 49.3 Å². The third-order valence-electron chi connectivity index (χ3n) is 2.81. The summed E-state index contributed by atoms with van der Waals surface area (Å²) < 4.78 is 2.13. The van der Waals surface area contributed by atoms with Crippen LogP contribution in [-0.2, 0) is 0 Å². The van der Waals surface area contributed by atoms with Crippen molar-refractivity contribution in [1.29, 1.82) is 0 Å². The van der Waals surface area contributed by atoms with Gasteiger partial charge in [0.25, 0.3) is 0 Å². The Morgan fingerprint density at radius 3 is 2.70 bits per heavy atom. The van der Waals surface area contributed by atoms with Crippen molar-refractivity contribution in [1.82, 2.24) is 14.6 Å². The highest BCUT2D eigenvalue weighted by Crippen LogP contribution is 2.31. The van der Waals surface area contributed by atoms with E-state index in [4.69, 9.17) is 11.6 Å². The second-order valence-electron chi connectivity index (χ2n) is 4.93. The first-order chi connectivity index (χ1) is 9.65. The van der Waals surface area contributed by atoms with Gasteiger partial charge in [0, 0.05) is 16.2 Å².